The summed E-state index contributed by atoms with van der Waals surface area (Å²) in [5.41, 5.74) is 3.92. The number of rotatable bonds is 3. The molecule has 0 radical (unpaired) electrons. The largest absolute Gasteiger partial charge is 1.00 e. The Hall–Kier alpha value is -1.32. The van der Waals surface area contributed by atoms with Gasteiger partial charge in [-0.1, -0.05) is 30.3 Å². The van der Waals surface area contributed by atoms with Crippen molar-refractivity contribution in [2.24, 2.45) is 0 Å². The Morgan fingerprint density at radius 1 is 1.25 bits per heavy atom. The third kappa shape index (κ3) is 5.53. The van der Waals surface area contributed by atoms with Crippen molar-refractivity contribution < 1.29 is 21.8 Å². The van der Waals surface area contributed by atoms with E-state index in [1.54, 1.807) is 0 Å². The SMILES string of the molecule is CC(=O)N[N+](C)(C)C=Cc1ccccc1.[Cl-]. The van der Waals surface area contributed by atoms with Crippen molar-refractivity contribution in [2.75, 3.05) is 14.1 Å². The lowest BCUT2D eigenvalue weighted by Gasteiger charge is -2.23. The monoisotopic (exact) mass is 240 g/mol. The van der Waals surface area contributed by atoms with Gasteiger partial charge in [-0.05, 0) is 5.56 Å². The molecule has 0 fully saturated rings. The summed E-state index contributed by atoms with van der Waals surface area (Å²) in [6, 6.07) is 9.98. The molecule has 0 saturated heterocycles. The van der Waals surface area contributed by atoms with E-state index in [2.05, 4.69) is 5.43 Å². The fourth-order valence-corrected chi connectivity index (χ4v) is 1.28. The highest BCUT2D eigenvalue weighted by Gasteiger charge is 2.11. The molecule has 0 aliphatic carbocycles. The van der Waals surface area contributed by atoms with E-state index in [9.17, 15) is 4.79 Å². The second kappa shape index (κ2) is 6.30. The lowest BCUT2D eigenvalue weighted by Crippen LogP contribution is -3.00. The Balaban J connectivity index is 0.00000225. The third-order valence-corrected chi connectivity index (χ3v) is 1.88. The standard InChI is InChI=1S/C12H16N2O.ClH/c1-11(15)13-14(2,3)10-9-12-7-5-4-6-8-12;/h4-10H,1-3H3;1H. The van der Waals surface area contributed by atoms with Crippen LogP contribution in [0.3, 0.4) is 0 Å². The van der Waals surface area contributed by atoms with Crippen molar-refractivity contribution in [1.82, 2.24) is 5.43 Å². The van der Waals surface area contributed by atoms with Crippen molar-refractivity contribution in [3.05, 3.63) is 42.1 Å². The molecule has 0 unspecified atom stereocenters. The minimum atomic E-state index is -0.0438. The number of benzene rings is 1. The van der Waals surface area contributed by atoms with Gasteiger partial charge in [0.1, 0.15) is 6.20 Å². The molecule has 88 valence electrons. The van der Waals surface area contributed by atoms with Crippen LogP contribution in [0.15, 0.2) is 36.5 Å². The van der Waals surface area contributed by atoms with Gasteiger partial charge < -0.3 is 12.4 Å². The van der Waals surface area contributed by atoms with E-state index in [1.165, 1.54) is 6.92 Å². The molecular weight excluding hydrogens is 224 g/mol. The van der Waals surface area contributed by atoms with Gasteiger partial charge in [-0.25, -0.2) is 0 Å². The van der Waals surface area contributed by atoms with Crippen LogP contribution in [0.5, 0.6) is 0 Å². The molecule has 0 spiro atoms. The predicted molar refractivity (Wildman–Crippen MR) is 61.4 cm³/mol. The number of quaternary nitrogens is 1. The van der Waals surface area contributed by atoms with Crippen molar-refractivity contribution in [1.29, 1.82) is 0 Å². The van der Waals surface area contributed by atoms with Crippen LogP contribution in [0.25, 0.3) is 6.08 Å². The Bertz CT molecular complexity index is 361. The minimum absolute atomic E-state index is 0. The van der Waals surface area contributed by atoms with Crippen LogP contribution < -0.4 is 17.8 Å². The summed E-state index contributed by atoms with van der Waals surface area (Å²) >= 11 is 0. The summed E-state index contributed by atoms with van der Waals surface area (Å²) in [6.07, 6.45) is 3.91. The fraction of sp³-hybridized carbons (Fsp3) is 0.250. The van der Waals surface area contributed by atoms with E-state index in [0.29, 0.717) is 4.59 Å². The molecule has 0 aromatic heterocycles. The summed E-state index contributed by atoms with van der Waals surface area (Å²) < 4.78 is 0.338. The van der Waals surface area contributed by atoms with E-state index < -0.39 is 0 Å². The molecule has 1 N–H and O–H groups in total. The summed E-state index contributed by atoms with van der Waals surface area (Å²) in [5.74, 6) is -0.0438. The second-order valence-corrected chi connectivity index (χ2v) is 3.93. The van der Waals surface area contributed by atoms with E-state index in [-0.39, 0.29) is 18.3 Å². The van der Waals surface area contributed by atoms with Gasteiger partial charge in [0.25, 0.3) is 5.91 Å². The molecule has 0 saturated carbocycles. The topological polar surface area (TPSA) is 29.1 Å². The molecule has 16 heavy (non-hydrogen) atoms. The predicted octanol–water partition coefficient (Wildman–Crippen LogP) is -1.21. The van der Waals surface area contributed by atoms with E-state index in [4.69, 9.17) is 0 Å². The highest BCUT2D eigenvalue weighted by molar-refractivity contribution is 5.71. The van der Waals surface area contributed by atoms with Crippen LogP contribution in [-0.2, 0) is 4.79 Å². The molecule has 1 aromatic carbocycles. The molecule has 3 nitrogen and oxygen atoms in total. The number of hydrogen-bond acceptors (Lipinski definition) is 1. The van der Waals surface area contributed by atoms with Gasteiger partial charge in [-0.3, -0.25) is 4.79 Å². The maximum atomic E-state index is 10.9. The van der Waals surface area contributed by atoms with Gasteiger partial charge in [0.2, 0.25) is 0 Å². The molecule has 4 heteroatoms. The Labute approximate surface area is 103 Å². The first-order chi connectivity index (χ1) is 6.99. The zero-order valence-electron chi connectivity index (χ0n) is 9.77. The molecule has 0 heterocycles. The highest BCUT2D eigenvalue weighted by Crippen LogP contribution is 2.03. The minimum Gasteiger partial charge on any atom is -1.00 e. The number of nitrogens with zero attached hydrogens (tertiary/aromatic N) is 1. The second-order valence-electron chi connectivity index (χ2n) is 3.93. The number of carbonyl (C=O) groups excluding carboxylic acids is 1. The Kier molecular flexibility index (Phi) is 5.78. The van der Waals surface area contributed by atoms with Crippen molar-refractivity contribution in [2.45, 2.75) is 6.92 Å². The Morgan fingerprint density at radius 2 is 1.81 bits per heavy atom. The lowest BCUT2D eigenvalue weighted by atomic mass is 10.2. The fourth-order valence-electron chi connectivity index (χ4n) is 1.28. The maximum Gasteiger partial charge on any atom is 0.262 e. The zero-order chi connectivity index (χ0) is 11.3. The van der Waals surface area contributed by atoms with Gasteiger partial charge >= 0.3 is 0 Å². The highest BCUT2D eigenvalue weighted by atomic mass is 35.5. The molecule has 1 amide bonds. The van der Waals surface area contributed by atoms with Crippen LogP contribution in [0, 0.1) is 0 Å². The summed E-state index contributed by atoms with van der Waals surface area (Å²) in [6.45, 7) is 1.51. The van der Waals surface area contributed by atoms with E-state index in [1.807, 2.05) is 56.7 Å². The van der Waals surface area contributed by atoms with Crippen molar-refractivity contribution in [3.8, 4) is 0 Å². The van der Waals surface area contributed by atoms with Crippen molar-refractivity contribution >= 4 is 12.0 Å². The number of hydrogen-bond donors (Lipinski definition) is 1. The summed E-state index contributed by atoms with van der Waals surface area (Å²) in [7, 11) is 3.81. The average molecular weight is 241 g/mol. The molecule has 1 aromatic rings. The first-order valence-corrected chi connectivity index (χ1v) is 4.86. The number of carbonyl (C=O) groups is 1. The first-order valence-electron chi connectivity index (χ1n) is 4.86. The van der Waals surface area contributed by atoms with Gasteiger partial charge in [0.15, 0.2) is 0 Å². The lowest BCUT2D eigenvalue weighted by molar-refractivity contribution is -0.874. The molecule has 0 atom stereocenters. The zero-order valence-corrected chi connectivity index (χ0v) is 10.5. The summed E-state index contributed by atoms with van der Waals surface area (Å²) in [4.78, 5) is 10.9. The van der Waals surface area contributed by atoms with Crippen LogP contribution in [0.2, 0.25) is 0 Å². The van der Waals surface area contributed by atoms with Gasteiger partial charge in [-0.2, -0.15) is 10.0 Å². The van der Waals surface area contributed by atoms with E-state index >= 15 is 0 Å². The van der Waals surface area contributed by atoms with Gasteiger partial charge in [0.05, 0.1) is 14.1 Å². The molecular formula is C12H17ClN2O. The quantitative estimate of drug-likeness (QED) is 0.522. The van der Waals surface area contributed by atoms with E-state index in [0.717, 1.165) is 5.56 Å². The van der Waals surface area contributed by atoms with Crippen LogP contribution in [-0.4, -0.2) is 24.6 Å². The maximum absolute atomic E-state index is 10.9. The normalized spacial score (nSPS) is 10.9. The smallest absolute Gasteiger partial charge is 0.262 e. The number of nitrogens with one attached hydrogen (secondary N) is 1. The van der Waals surface area contributed by atoms with Crippen LogP contribution >= 0.6 is 0 Å². The molecule has 0 aliphatic heterocycles. The Morgan fingerprint density at radius 3 is 2.31 bits per heavy atom. The number of halogens is 1. The van der Waals surface area contributed by atoms with Gasteiger partial charge in [0, 0.05) is 13.0 Å². The third-order valence-electron chi connectivity index (χ3n) is 1.88. The van der Waals surface area contributed by atoms with Gasteiger partial charge in [-0.15, -0.1) is 0 Å². The average Bonchev–Trinajstić information content (AvgIpc) is 2.15. The van der Waals surface area contributed by atoms with Crippen LogP contribution in [0.1, 0.15) is 12.5 Å². The summed E-state index contributed by atoms with van der Waals surface area (Å²) in [5, 5.41) is 0. The van der Waals surface area contributed by atoms with Crippen molar-refractivity contribution in [3.63, 3.8) is 0 Å². The molecule has 0 aliphatic rings. The molecule has 0 bridgehead atoms. The van der Waals surface area contributed by atoms with Crippen LogP contribution in [0.4, 0.5) is 0 Å². The number of amides is 1. The molecule has 1 rings (SSSR count). The first kappa shape index (κ1) is 14.7.